The molecule has 0 aromatic heterocycles. The molecule has 3 heteroatoms. The van der Waals surface area contributed by atoms with Crippen molar-refractivity contribution in [3.05, 3.63) is 0 Å². The molecule has 2 aliphatic rings. The smallest absolute Gasteiger partial charge is 0.0560 e. The summed E-state index contributed by atoms with van der Waals surface area (Å²) in [5.41, 5.74) is 0.0694. The zero-order valence-electron chi connectivity index (χ0n) is 5.97. The summed E-state index contributed by atoms with van der Waals surface area (Å²) in [6.07, 6.45) is 0. The van der Waals surface area contributed by atoms with E-state index in [2.05, 4.69) is 5.32 Å². The van der Waals surface area contributed by atoms with Crippen molar-refractivity contribution in [2.24, 2.45) is 11.3 Å². The van der Waals surface area contributed by atoms with E-state index in [1.54, 1.807) is 0 Å². The second-order valence-corrected chi connectivity index (χ2v) is 3.36. The minimum atomic E-state index is 0.0694. The van der Waals surface area contributed by atoms with Crippen molar-refractivity contribution in [2.75, 3.05) is 32.9 Å². The maximum Gasteiger partial charge on any atom is 0.0560 e. The lowest BCUT2D eigenvalue weighted by atomic mass is 9.82. The molecule has 0 spiro atoms. The van der Waals surface area contributed by atoms with Gasteiger partial charge in [0.1, 0.15) is 0 Å². The van der Waals surface area contributed by atoms with E-state index in [1.165, 1.54) is 0 Å². The van der Waals surface area contributed by atoms with Gasteiger partial charge in [-0.3, -0.25) is 0 Å². The number of aliphatic hydroxyl groups excluding tert-OH is 1. The molecular weight excluding hydrogens is 130 g/mol. The van der Waals surface area contributed by atoms with Crippen LogP contribution in [0.5, 0.6) is 0 Å². The van der Waals surface area contributed by atoms with Crippen LogP contribution in [-0.4, -0.2) is 38.0 Å². The monoisotopic (exact) mass is 143 g/mol. The third-order valence-electron chi connectivity index (χ3n) is 2.76. The molecule has 2 rings (SSSR count). The van der Waals surface area contributed by atoms with Gasteiger partial charge in [-0.25, -0.2) is 0 Å². The standard InChI is InChI=1S/C7H13NO2/c9-4-7-3-8-1-6(7)2-10-5-7/h6,8-9H,1-5H2/t6-,7-/m0/s1. The number of hydrogen-bond acceptors (Lipinski definition) is 3. The fraction of sp³-hybridized carbons (Fsp3) is 1.00. The summed E-state index contributed by atoms with van der Waals surface area (Å²) < 4.78 is 5.31. The van der Waals surface area contributed by atoms with Crippen molar-refractivity contribution in [2.45, 2.75) is 0 Å². The Bertz CT molecular complexity index is 128. The minimum Gasteiger partial charge on any atom is -0.396 e. The normalized spacial score (nSPS) is 45.9. The number of ether oxygens (including phenoxy) is 1. The number of aliphatic hydroxyl groups is 1. The van der Waals surface area contributed by atoms with Crippen LogP contribution in [0.2, 0.25) is 0 Å². The summed E-state index contributed by atoms with van der Waals surface area (Å²) in [5.74, 6) is 0.553. The number of hydrogen-bond donors (Lipinski definition) is 2. The highest BCUT2D eigenvalue weighted by Gasteiger charge is 2.46. The molecule has 0 aromatic rings. The first-order valence-corrected chi connectivity index (χ1v) is 3.77. The van der Waals surface area contributed by atoms with Crippen LogP contribution in [0.25, 0.3) is 0 Å². The lowest BCUT2D eigenvalue weighted by molar-refractivity contribution is 0.0969. The highest BCUT2D eigenvalue weighted by atomic mass is 16.5. The van der Waals surface area contributed by atoms with E-state index in [4.69, 9.17) is 9.84 Å². The van der Waals surface area contributed by atoms with Crippen LogP contribution in [0.15, 0.2) is 0 Å². The summed E-state index contributed by atoms with van der Waals surface area (Å²) >= 11 is 0. The first kappa shape index (κ1) is 6.58. The molecule has 10 heavy (non-hydrogen) atoms. The summed E-state index contributed by atoms with van der Waals surface area (Å²) in [7, 11) is 0. The van der Waals surface area contributed by atoms with Gasteiger partial charge in [0.15, 0.2) is 0 Å². The Balaban J connectivity index is 2.15. The molecule has 2 atom stereocenters. The van der Waals surface area contributed by atoms with Crippen LogP contribution in [0.1, 0.15) is 0 Å². The van der Waals surface area contributed by atoms with Gasteiger partial charge in [-0.1, -0.05) is 0 Å². The van der Waals surface area contributed by atoms with Crippen LogP contribution >= 0.6 is 0 Å². The van der Waals surface area contributed by atoms with Crippen molar-refractivity contribution < 1.29 is 9.84 Å². The van der Waals surface area contributed by atoms with E-state index in [9.17, 15) is 0 Å². The Kier molecular flexibility index (Phi) is 1.44. The van der Waals surface area contributed by atoms with E-state index in [1.807, 2.05) is 0 Å². The first-order valence-electron chi connectivity index (χ1n) is 3.77. The molecule has 2 fully saturated rings. The Hall–Kier alpha value is -0.120. The van der Waals surface area contributed by atoms with Gasteiger partial charge in [-0.15, -0.1) is 0 Å². The van der Waals surface area contributed by atoms with E-state index in [0.717, 1.165) is 26.3 Å². The highest BCUT2D eigenvalue weighted by molar-refractivity contribution is 4.97. The van der Waals surface area contributed by atoms with E-state index < -0.39 is 0 Å². The molecule has 0 unspecified atom stereocenters. The molecule has 2 aliphatic heterocycles. The third kappa shape index (κ3) is 0.713. The van der Waals surface area contributed by atoms with Crippen molar-refractivity contribution in [3.8, 4) is 0 Å². The Labute approximate surface area is 60.4 Å². The Morgan fingerprint density at radius 2 is 2.60 bits per heavy atom. The molecule has 2 N–H and O–H groups in total. The topological polar surface area (TPSA) is 41.5 Å². The molecular formula is C7H13NO2. The summed E-state index contributed by atoms with van der Waals surface area (Å²) in [5, 5.41) is 12.4. The zero-order valence-corrected chi connectivity index (χ0v) is 5.97. The molecule has 0 aromatic carbocycles. The average Bonchev–Trinajstić information content (AvgIpc) is 2.42. The van der Waals surface area contributed by atoms with Crippen molar-refractivity contribution in [3.63, 3.8) is 0 Å². The van der Waals surface area contributed by atoms with E-state index in [-0.39, 0.29) is 12.0 Å². The van der Waals surface area contributed by atoms with Gasteiger partial charge in [0.2, 0.25) is 0 Å². The van der Waals surface area contributed by atoms with Gasteiger partial charge in [0.05, 0.1) is 19.8 Å². The van der Waals surface area contributed by atoms with Crippen LogP contribution in [0, 0.1) is 11.3 Å². The molecule has 3 nitrogen and oxygen atoms in total. The summed E-state index contributed by atoms with van der Waals surface area (Å²) in [6.45, 7) is 3.77. The predicted molar refractivity (Wildman–Crippen MR) is 36.7 cm³/mol. The molecule has 0 amide bonds. The average molecular weight is 143 g/mol. The van der Waals surface area contributed by atoms with Gasteiger partial charge in [-0.2, -0.15) is 0 Å². The molecule has 2 saturated heterocycles. The van der Waals surface area contributed by atoms with Crippen molar-refractivity contribution in [1.29, 1.82) is 0 Å². The fourth-order valence-electron chi connectivity index (χ4n) is 1.90. The van der Waals surface area contributed by atoms with Crippen LogP contribution in [0.4, 0.5) is 0 Å². The quantitative estimate of drug-likeness (QED) is 0.505. The van der Waals surface area contributed by atoms with Gasteiger partial charge in [0, 0.05) is 24.4 Å². The van der Waals surface area contributed by atoms with E-state index >= 15 is 0 Å². The van der Waals surface area contributed by atoms with Gasteiger partial charge in [0.25, 0.3) is 0 Å². The fourth-order valence-corrected chi connectivity index (χ4v) is 1.90. The maximum atomic E-state index is 9.11. The van der Waals surface area contributed by atoms with Gasteiger partial charge >= 0.3 is 0 Å². The molecule has 0 radical (unpaired) electrons. The SMILES string of the molecule is OC[C@]12CNC[C@H]1COC2. The summed E-state index contributed by atoms with van der Waals surface area (Å²) in [6, 6.07) is 0. The highest BCUT2D eigenvalue weighted by Crippen LogP contribution is 2.36. The Morgan fingerprint density at radius 3 is 3.30 bits per heavy atom. The van der Waals surface area contributed by atoms with Gasteiger partial charge < -0.3 is 15.2 Å². The molecule has 0 saturated carbocycles. The van der Waals surface area contributed by atoms with Crippen molar-refractivity contribution in [1.82, 2.24) is 5.32 Å². The number of rotatable bonds is 1. The largest absolute Gasteiger partial charge is 0.396 e. The molecule has 0 bridgehead atoms. The van der Waals surface area contributed by atoms with Crippen LogP contribution < -0.4 is 5.32 Å². The zero-order chi connectivity index (χ0) is 7.03. The number of fused-ring (bicyclic) bond motifs is 1. The molecule has 0 aliphatic carbocycles. The van der Waals surface area contributed by atoms with Crippen LogP contribution in [0.3, 0.4) is 0 Å². The molecule has 2 heterocycles. The predicted octanol–water partition coefficient (Wildman–Crippen LogP) is -0.785. The minimum absolute atomic E-state index is 0.0694. The molecule has 58 valence electrons. The lowest BCUT2D eigenvalue weighted by Gasteiger charge is -2.22. The van der Waals surface area contributed by atoms with E-state index in [0.29, 0.717) is 5.92 Å². The Morgan fingerprint density at radius 1 is 1.70 bits per heavy atom. The first-order chi connectivity index (χ1) is 4.87. The van der Waals surface area contributed by atoms with Gasteiger partial charge in [-0.05, 0) is 0 Å². The van der Waals surface area contributed by atoms with Crippen molar-refractivity contribution >= 4 is 0 Å². The second-order valence-electron chi connectivity index (χ2n) is 3.36. The lowest BCUT2D eigenvalue weighted by Crippen LogP contribution is -2.33. The number of nitrogens with one attached hydrogen (secondary N) is 1. The van der Waals surface area contributed by atoms with Crippen LogP contribution in [-0.2, 0) is 4.74 Å². The second kappa shape index (κ2) is 2.19. The summed E-state index contributed by atoms with van der Waals surface area (Å²) in [4.78, 5) is 0. The third-order valence-corrected chi connectivity index (χ3v) is 2.76. The maximum absolute atomic E-state index is 9.11.